The molecule has 0 saturated carbocycles. The van der Waals surface area contributed by atoms with Crippen molar-refractivity contribution in [3.05, 3.63) is 35.1 Å². The van der Waals surface area contributed by atoms with Crippen LogP contribution in [-0.4, -0.2) is 33.0 Å². The Bertz CT molecular complexity index is 661. The molecule has 0 radical (unpaired) electrons. The number of nitrogens with two attached hydrogens (primary N) is 2. The molecule has 1 aromatic heterocycles. The number of hydrogen-bond acceptors (Lipinski definition) is 7. The van der Waals surface area contributed by atoms with E-state index in [1.54, 1.807) is 30.1 Å². The number of anilines is 3. The third-order valence-electron chi connectivity index (χ3n) is 2.47. The average Bonchev–Trinajstić information content (AvgIpc) is 2.45. The first-order chi connectivity index (χ1) is 9.51. The fourth-order valence-corrected chi connectivity index (χ4v) is 1.67. The third-order valence-corrected chi connectivity index (χ3v) is 2.71. The number of halogens is 1. The summed E-state index contributed by atoms with van der Waals surface area (Å²) in [5, 5.41) is 12.1. The lowest BCUT2D eigenvalue weighted by atomic mass is 10.3. The Hall–Kier alpha value is -2.61. The highest BCUT2D eigenvalue weighted by atomic mass is 35.5. The van der Waals surface area contributed by atoms with Crippen molar-refractivity contribution in [1.29, 1.82) is 0 Å². The molecule has 0 amide bonds. The highest BCUT2D eigenvalue weighted by Crippen LogP contribution is 2.23. The molecule has 5 N–H and O–H groups in total. The number of oxime groups is 1. The zero-order valence-electron chi connectivity index (χ0n) is 10.5. The van der Waals surface area contributed by atoms with Gasteiger partial charge in [0.15, 0.2) is 0 Å². The summed E-state index contributed by atoms with van der Waals surface area (Å²) in [7, 11) is 1.73. The molecule has 8 nitrogen and oxygen atoms in total. The van der Waals surface area contributed by atoms with Crippen LogP contribution in [0.25, 0.3) is 0 Å². The molecule has 0 spiro atoms. The van der Waals surface area contributed by atoms with Gasteiger partial charge in [-0.2, -0.15) is 15.0 Å². The van der Waals surface area contributed by atoms with Crippen LogP contribution in [0.1, 0.15) is 5.82 Å². The first-order valence-corrected chi connectivity index (χ1v) is 5.88. The van der Waals surface area contributed by atoms with Crippen LogP contribution in [0.3, 0.4) is 0 Å². The van der Waals surface area contributed by atoms with E-state index in [1.165, 1.54) is 0 Å². The number of hydrogen-bond donors (Lipinski definition) is 3. The van der Waals surface area contributed by atoms with E-state index in [4.69, 9.17) is 28.3 Å². The van der Waals surface area contributed by atoms with Gasteiger partial charge >= 0.3 is 0 Å². The second kappa shape index (κ2) is 5.57. The van der Waals surface area contributed by atoms with Crippen LogP contribution in [0.15, 0.2) is 29.4 Å². The second-order valence-corrected chi connectivity index (χ2v) is 4.28. The van der Waals surface area contributed by atoms with Crippen molar-refractivity contribution in [3.63, 3.8) is 0 Å². The third kappa shape index (κ3) is 2.86. The molecule has 0 fully saturated rings. The van der Waals surface area contributed by atoms with Gasteiger partial charge in [-0.25, -0.2) is 0 Å². The van der Waals surface area contributed by atoms with Crippen molar-refractivity contribution >= 4 is 35.0 Å². The van der Waals surface area contributed by atoms with Crippen molar-refractivity contribution in [2.24, 2.45) is 10.9 Å². The summed E-state index contributed by atoms with van der Waals surface area (Å²) in [5.41, 5.74) is 11.8. The van der Waals surface area contributed by atoms with E-state index in [0.717, 1.165) is 5.69 Å². The van der Waals surface area contributed by atoms with E-state index in [9.17, 15) is 0 Å². The van der Waals surface area contributed by atoms with Gasteiger partial charge in [-0.05, 0) is 18.2 Å². The Morgan fingerprint density at radius 3 is 2.75 bits per heavy atom. The molecule has 1 aromatic carbocycles. The van der Waals surface area contributed by atoms with Crippen LogP contribution < -0.4 is 16.4 Å². The Morgan fingerprint density at radius 2 is 2.10 bits per heavy atom. The van der Waals surface area contributed by atoms with Gasteiger partial charge in [0.1, 0.15) is 0 Å². The predicted molar refractivity (Wildman–Crippen MR) is 76.3 cm³/mol. The Morgan fingerprint density at radius 1 is 1.35 bits per heavy atom. The van der Waals surface area contributed by atoms with Gasteiger partial charge in [0.2, 0.25) is 23.6 Å². The van der Waals surface area contributed by atoms with Crippen molar-refractivity contribution in [2.75, 3.05) is 17.7 Å². The molecule has 0 saturated heterocycles. The zero-order chi connectivity index (χ0) is 14.7. The molecule has 20 heavy (non-hydrogen) atoms. The van der Waals surface area contributed by atoms with E-state index >= 15 is 0 Å². The molecule has 9 heteroatoms. The van der Waals surface area contributed by atoms with Crippen molar-refractivity contribution in [3.8, 4) is 0 Å². The number of benzene rings is 1. The number of amidine groups is 1. The minimum atomic E-state index is -0.250. The number of nitrogens with zero attached hydrogens (tertiary/aromatic N) is 5. The lowest BCUT2D eigenvalue weighted by Gasteiger charge is -2.17. The summed E-state index contributed by atoms with van der Waals surface area (Å²) in [5.74, 6) is -0.0458. The molecule has 0 atom stereocenters. The Kier molecular flexibility index (Phi) is 3.85. The maximum atomic E-state index is 8.65. The van der Waals surface area contributed by atoms with Gasteiger partial charge in [0.25, 0.3) is 0 Å². The van der Waals surface area contributed by atoms with E-state index < -0.39 is 0 Å². The molecule has 0 bridgehead atoms. The predicted octanol–water partition coefficient (Wildman–Crippen LogP) is 0.970. The zero-order valence-corrected chi connectivity index (χ0v) is 11.3. The summed E-state index contributed by atoms with van der Waals surface area (Å²) in [6, 6.07) is 7.12. The largest absolute Gasteiger partial charge is 0.409 e. The van der Waals surface area contributed by atoms with Crippen molar-refractivity contribution in [2.45, 2.75) is 0 Å². The SMILES string of the molecule is CN(c1cccc(Cl)c1)c1nc(N)nc(/C(N)=N/O)n1. The van der Waals surface area contributed by atoms with Gasteiger partial charge in [-0.3, -0.25) is 0 Å². The van der Waals surface area contributed by atoms with E-state index in [-0.39, 0.29) is 23.6 Å². The highest BCUT2D eigenvalue weighted by Gasteiger charge is 2.13. The standard InChI is InChI=1S/C11H12ClN7O/c1-19(7-4-2-3-6(12)5-7)11-16-9(8(13)18-20)15-10(14)17-11/h2-5,20H,1H3,(H2,13,18)(H2,14,15,16,17). The Balaban J connectivity index is 2.44. The molecule has 0 aliphatic heterocycles. The van der Waals surface area contributed by atoms with Crippen LogP contribution in [0, 0.1) is 0 Å². The number of rotatable bonds is 3. The normalized spacial score (nSPS) is 11.4. The molecule has 2 aromatic rings. The second-order valence-electron chi connectivity index (χ2n) is 3.84. The van der Waals surface area contributed by atoms with Crippen LogP contribution in [0.4, 0.5) is 17.6 Å². The molecule has 104 valence electrons. The van der Waals surface area contributed by atoms with Crippen molar-refractivity contribution in [1.82, 2.24) is 15.0 Å². The topological polar surface area (TPSA) is 127 Å². The van der Waals surface area contributed by atoms with Crippen LogP contribution in [0.5, 0.6) is 0 Å². The smallest absolute Gasteiger partial charge is 0.235 e. The van der Waals surface area contributed by atoms with E-state index in [2.05, 4.69) is 20.1 Å². The van der Waals surface area contributed by atoms with Gasteiger partial charge in [-0.15, -0.1) is 0 Å². The molecular formula is C11H12ClN7O. The maximum Gasteiger partial charge on any atom is 0.235 e. The fourth-order valence-electron chi connectivity index (χ4n) is 1.49. The first kappa shape index (κ1) is 13.8. The quantitative estimate of drug-likeness (QED) is 0.333. The highest BCUT2D eigenvalue weighted by molar-refractivity contribution is 6.30. The maximum absolute atomic E-state index is 8.65. The Labute approximate surface area is 119 Å². The van der Waals surface area contributed by atoms with Crippen LogP contribution >= 0.6 is 11.6 Å². The molecule has 1 heterocycles. The van der Waals surface area contributed by atoms with Gasteiger partial charge in [-0.1, -0.05) is 22.8 Å². The monoisotopic (exact) mass is 293 g/mol. The van der Waals surface area contributed by atoms with Gasteiger partial charge in [0.05, 0.1) is 0 Å². The lowest BCUT2D eigenvalue weighted by molar-refractivity contribution is 0.318. The average molecular weight is 294 g/mol. The molecule has 0 aliphatic carbocycles. The van der Waals surface area contributed by atoms with E-state index in [1.807, 2.05) is 6.07 Å². The summed E-state index contributed by atoms with van der Waals surface area (Å²) in [4.78, 5) is 13.5. The van der Waals surface area contributed by atoms with Crippen LogP contribution in [-0.2, 0) is 0 Å². The summed E-state index contributed by atoms with van der Waals surface area (Å²) in [6.07, 6.45) is 0. The van der Waals surface area contributed by atoms with E-state index in [0.29, 0.717) is 5.02 Å². The minimum absolute atomic E-state index is 0.0103. The van der Waals surface area contributed by atoms with Gasteiger partial charge < -0.3 is 21.6 Å². The number of aromatic nitrogens is 3. The lowest BCUT2D eigenvalue weighted by Crippen LogP contribution is -2.22. The van der Waals surface area contributed by atoms with Crippen molar-refractivity contribution < 1.29 is 5.21 Å². The fraction of sp³-hybridized carbons (Fsp3) is 0.0909. The summed E-state index contributed by atoms with van der Waals surface area (Å²) < 4.78 is 0. The summed E-state index contributed by atoms with van der Waals surface area (Å²) >= 11 is 5.94. The van der Waals surface area contributed by atoms with Crippen LogP contribution in [0.2, 0.25) is 5.02 Å². The molecule has 0 aliphatic rings. The summed E-state index contributed by atoms with van der Waals surface area (Å²) in [6.45, 7) is 0. The first-order valence-electron chi connectivity index (χ1n) is 5.50. The minimum Gasteiger partial charge on any atom is -0.409 e. The number of nitrogen functional groups attached to an aromatic ring is 1. The molecule has 2 rings (SSSR count). The molecule has 0 unspecified atom stereocenters. The molecular weight excluding hydrogens is 282 g/mol. The van der Waals surface area contributed by atoms with Gasteiger partial charge in [0, 0.05) is 17.8 Å².